The number of sulfonamides is 1. The highest BCUT2D eigenvalue weighted by Gasteiger charge is 2.31. The third kappa shape index (κ3) is 10.5. The van der Waals surface area contributed by atoms with Crippen molar-refractivity contribution in [2.24, 2.45) is 5.41 Å². The monoisotopic (exact) mass is 934 g/mol. The van der Waals surface area contributed by atoms with E-state index in [0.717, 1.165) is 61.7 Å². The van der Waals surface area contributed by atoms with Crippen LogP contribution in [0.25, 0.3) is 16.6 Å². The van der Waals surface area contributed by atoms with Gasteiger partial charge in [0.15, 0.2) is 0 Å². The summed E-state index contributed by atoms with van der Waals surface area (Å²) in [5.41, 5.74) is 5.05. The third-order valence-electron chi connectivity index (χ3n) is 12.0. The largest absolute Gasteiger partial charge is 0.455 e. The molecule has 4 aromatic heterocycles. The molecule has 6 aromatic rings. The van der Waals surface area contributed by atoms with E-state index in [9.17, 15) is 23.3 Å². The molecular weight excluding hydrogens is 885 g/mol. The zero-order valence-corrected chi connectivity index (χ0v) is 38.1. The number of benzene rings is 2. The number of hydrogen-bond donors (Lipinski definition) is 4. The standard InChI is InChI=1S/C46H50N10O8S2/c1-46(2)10-8-31(38(24-46)42-21-32(29-65-42)52-45-48-11-3-12-49-45)27-54-14-16-55(17-15-54)33-4-6-37(41(22-33)64-34-20-30-9-13-47-43(30)51-25-34)44(57)53-66(60,61)36-5-7-39(40(23-36)56(58)59)50-26-35-28-62-18-19-63-35/h3-7,9,11-13,20-23,25,29,35,50H,8,10,14-19,24,26-28H2,1-2H3,(H,47,51)(H,53,57)(H,48,49,52). The van der Waals surface area contributed by atoms with Gasteiger partial charge in [0.1, 0.15) is 22.8 Å². The van der Waals surface area contributed by atoms with Crippen molar-refractivity contribution in [1.82, 2.24) is 29.6 Å². The van der Waals surface area contributed by atoms with Gasteiger partial charge in [0.25, 0.3) is 21.6 Å². The summed E-state index contributed by atoms with van der Waals surface area (Å²) in [5.74, 6) is 0.0444. The highest BCUT2D eigenvalue weighted by molar-refractivity contribution is 7.90. The summed E-state index contributed by atoms with van der Waals surface area (Å²) in [7, 11) is -4.59. The average Bonchev–Trinajstić information content (AvgIpc) is 3.99. The van der Waals surface area contributed by atoms with Gasteiger partial charge in [0.05, 0.1) is 53.2 Å². The molecular formula is C46H50N10O8S2. The summed E-state index contributed by atoms with van der Waals surface area (Å²) < 4.78 is 46.8. The van der Waals surface area contributed by atoms with Crippen molar-refractivity contribution in [3.05, 3.63) is 117 Å². The Kier molecular flexibility index (Phi) is 13.0. The second-order valence-electron chi connectivity index (χ2n) is 17.3. The van der Waals surface area contributed by atoms with Gasteiger partial charge in [0.2, 0.25) is 5.95 Å². The van der Waals surface area contributed by atoms with Gasteiger partial charge in [-0.1, -0.05) is 19.4 Å². The molecule has 2 aromatic carbocycles. The van der Waals surface area contributed by atoms with Crippen molar-refractivity contribution in [3.8, 4) is 11.5 Å². The minimum atomic E-state index is -4.59. The van der Waals surface area contributed by atoms with Crippen LogP contribution in [0.2, 0.25) is 0 Å². The van der Waals surface area contributed by atoms with Crippen molar-refractivity contribution >= 4 is 72.6 Å². The third-order valence-corrected chi connectivity index (χ3v) is 14.3. The fourth-order valence-corrected chi connectivity index (χ4v) is 10.4. The van der Waals surface area contributed by atoms with Crippen LogP contribution in [0.1, 0.15) is 48.3 Å². The number of hydrogen-bond acceptors (Lipinski definition) is 16. The molecule has 3 aliphatic rings. The van der Waals surface area contributed by atoms with E-state index in [1.54, 1.807) is 54.2 Å². The van der Waals surface area contributed by atoms with Crippen LogP contribution in [-0.4, -0.2) is 109 Å². The van der Waals surface area contributed by atoms with Gasteiger partial charge in [-0.15, -0.1) is 11.3 Å². The molecule has 2 saturated heterocycles. The lowest BCUT2D eigenvalue weighted by atomic mass is 9.74. The smallest absolute Gasteiger partial charge is 0.293 e. The normalized spacial score (nSPS) is 18.0. The number of thiophene rings is 1. The second-order valence-corrected chi connectivity index (χ2v) is 19.9. The SMILES string of the molecule is CC1(C)CCC(CN2CCN(c3ccc(C(=O)NS(=O)(=O)c4ccc(NCC5COCCO5)c([N+](=O)[O-])c4)c(Oc4cnc5[nH]ccc5c4)c3)CC2)=C(c2cc(Nc3ncccn3)cs2)C1. The Bertz CT molecular complexity index is 2870. The maximum absolute atomic E-state index is 14.0. The number of nitrogens with zero attached hydrogens (tertiary/aromatic N) is 6. The van der Waals surface area contributed by atoms with E-state index < -0.39 is 31.4 Å². The van der Waals surface area contributed by atoms with Gasteiger partial charge >= 0.3 is 0 Å². The highest BCUT2D eigenvalue weighted by atomic mass is 32.2. The number of nitro benzene ring substituents is 1. The second kappa shape index (κ2) is 19.2. The molecule has 1 amide bonds. The van der Waals surface area contributed by atoms with Crippen molar-refractivity contribution in [3.63, 3.8) is 0 Å². The number of carbonyl (C=O) groups is 1. The summed E-state index contributed by atoms with van der Waals surface area (Å²) in [6, 6.07) is 16.1. The summed E-state index contributed by atoms with van der Waals surface area (Å²) in [6.07, 6.45) is 9.53. The molecule has 0 radical (unpaired) electrons. The van der Waals surface area contributed by atoms with Crippen molar-refractivity contribution in [2.75, 3.05) is 74.6 Å². The molecule has 2 aliphatic heterocycles. The number of amides is 1. The molecule has 1 atom stereocenters. The first-order chi connectivity index (χ1) is 31.9. The fraction of sp³-hybridized carbons (Fsp3) is 0.348. The van der Waals surface area contributed by atoms with Crippen LogP contribution in [0.3, 0.4) is 0 Å². The molecule has 0 bridgehead atoms. The number of ether oxygens (including phenoxy) is 3. The van der Waals surface area contributed by atoms with Gasteiger partial charge in [0, 0.05) is 91.3 Å². The summed E-state index contributed by atoms with van der Waals surface area (Å²) >= 11 is 1.74. The van der Waals surface area contributed by atoms with Gasteiger partial charge in [-0.3, -0.25) is 19.8 Å². The Morgan fingerprint density at radius 2 is 1.88 bits per heavy atom. The Hall–Kier alpha value is -6.45. The summed E-state index contributed by atoms with van der Waals surface area (Å²) in [5, 5.41) is 21.3. The van der Waals surface area contributed by atoms with Gasteiger partial charge in [-0.25, -0.2) is 28.1 Å². The first kappa shape index (κ1) is 44.7. The van der Waals surface area contributed by atoms with Crippen LogP contribution in [0.5, 0.6) is 11.5 Å². The van der Waals surface area contributed by atoms with Gasteiger partial charge in [-0.05, 0) is 78.8 Å². The van der Waals surface area contributed by atoms with E-state index in [4.69, 9.17) is 14.2 Å². The molecule has 344 valence electrons. The number of nitrogens with one attached hydrogen (secondary N) is 4. The molecule has 18 nitrogen and oxygen atoms in total. The number of aromatic amines is 1. The number of carbonyl (C=O) groups excluding carboxylic acids is 1. The molecule has 9 rings (SSSR count). The topological polar surface area (TPSA) is 219 Å². The molecule has 20 heteroatoms. The average molecular weight is 935 g/mol. The lowest BCUT2D eigenvalue weighted by Crippen LogP contribution is -2.47. The van der Waals surface area contributed by atoms with E-state index in [-0.39, 0.29) is 35.1 Å². The molecule has 1 aliphatic carbocycles. The molecule has 0 saturated carbocycles. The lowest BCUT2D eigenvalue weighted by Gasteiger charge is -2.39. The van der Waals surface area contributed by atoms with E-state index in [0.29, 0.717) is 50.3 Å². The zero-order valence-electron chi connectivity index (χ0n) is 36.5. The predicted octanol–water partition coefficient (Wildman–Crippen LogP) is 7.59. The number of aromatic nitrogens is 4. The van der Waals surface area contributed by atoms with Crippen LogP contribution in [-0.2, 0) is 19.5 Å². The van der Waals surface area contributed by atoms with Crippen LogP contribution < -0.4 is 25.0 Å². The number of H-pyrrole nitrogens is 1. The summed E-state index contributed by atoms with van der Waals surface area (Å²) in [4.78, 5) is 47.0. The molecule has 2 fully saturated rings. The molecule has 6 heterocycles. The number of allylic oxidation sites excluding steroid dienone is 1. The Morgan fingerprint density at radius 1 is 1.05 bits per heavy atom. The maximum Gasteiger partial charge on any atom is 0.293 e. The van der Waals surface area contributed by atoms with Crippen LogP contribution >= 0.6 is 11.3 Å². The number of anilines is 4. The summed E-state index contributed by atoms with van der Waals surface area (Å²) in [6.45, 7) is 9.97. The molecule has 4 N–H and O–H groups in total. The highest BCUT2D eigenvalue weighted by Crippen LogP contribution is 2.45. The first-order valence-corrected chi connectivity index (χ1v) is 24.1. The minimum absolute atomic E-state index is 0.0551. The molecule has 1 unspecified atom stereocenters. The maximum atomic E-state index is 14.0. The van der Waals surface area contributed by atoms with Crippen molar-refractivity contribution in [1.29, 1.82) is 0 Å². The van der Waals surface area contributed by atoms with Crippen molar-refractivity contribution in [2.45, 2.75) is 44.1 Å². The van der Waals surface area contributed by atoms with Gasteiger partial charge in [-0.2, -0.15) is 0 Å². The quantitative estimate of drug-likeness (QED) is 0.0576. The van der Waals surface area contributed by atoms with Crippen LogP contribution in [0, 0.1) is 15.5 Å². The van der Waals surface area contributed by atoms with E-state index in [1.807, 2.05) is 6.07 Å². The first-order valence-electron chi connectivity index (χ1n) is 21.7. The van der Waals surface area contributed by atoms with E-state index in [2.05, 4.69) is 70.4 Å². The predicted molar refractivity (Wildman–Crippen MR) is 252 cm³/mol. The van der Waals surface area contributed by atoms with E-state index >= 15 is 0 Å². The Morgan fingerprint density at radius 3 is 2.67 bits per heavy atom. The van der Waals surface area contributed by atoms with Crippen LogP contribution in [0.4, 0.5) is 28.7 Å². The van der Waals surface area contributed by atoms with Gasteiger partial charge < -0.3 is 34.7 Å². The lowest BCUT2D eigenvalue weighted by molar-refractivity contribution is -0.384. The fourth-order valence-electron chi connectivity index (χ4n) is 8.43. The number of piperazine rings is 1. The molecule has 0 spiro atoms. The Labute approximate surface area is 385 Å². The number of pyridine rings is 1. The van der Waals surface area contributed by atoms with Crippen LogP contribution in [0.15, 0.2) is 101 Å². The number of rotatable bonds is 15. The Balaban J connectivity index is 0.915. The number of nitro groups is 1. The zero-order chi connectivity index (χ0) is 45.8. The minimum Gasteiger partial charge on any atom is -0.455 e. The van der Waals surface area contributed by atoms with Crippen molar-refractivity contribution < 1.29 is 32.3 Å². The number of fused-ring (bicyclic) bond motifs is 1. The van der Waals surface area contributed by atoms with E-state index in [1.165, 1.54) is 40.4 Å². The molecule has 66 heavy (non-hydrogen) atoms.